The maximum Gasteiger partial charge on any atom is 0.435 e. The number of carbonyl (C=O) groups excluding carboxylic acids is 2. The van der Waals surface area contributed by atoms with Crippen molar-refractivity contribution in [3.63, 3.8) is 0 Å². The molecule has 0 radical (unpaired) electrons. The summed E-state index contributed by atoms with van der Waals surface area (Å²) in [7, 11) is 0. The Morgan fingerprint density at radius 1 is 1.25 bits per heavy atom. The number of amides is 2. The van der Waals surface area contributed by atoms with Gasteiger partial charge < -0.3 is 9.47 Å². The molecule has 0 aliphatic heterocycles. The van der Waals surface area contributed by atoms with Gasteiger partial charge in [-0.2, -0.15) is 4.99 Å². The quantitative estimate of drug-likeness (QED) is 0.676. The molecule has 0 aliphatic rings. The van der Waals surface area contributed by atoms with Gasteiger partial charge in [-0.3, -0.25) is 5.32 Å². The van der Waals surface area contributed by atoms with Crippen molar-refractivity contribution in [1.29, 1.82) is 0 Å². The number of alkyl carbamates (subject to hydrolysis) is 1. The summed E-state index contributed by atoms with van der Waals surface area (Å²) in [6, 6.07) is 6.99. The van der Waals surface area contributed by atoms with E-state index in [1.54, 1.807) is 32.0 Å². The van der Waals surface area contributed by atoms with Gasteiger partial charge in [0, 0.05) is 10.0 Å². The van der Waals surface area contributed by atoms with Crippen LogP contribution in [0.1, 0.15) is 19.4 Å². The lowest BCUT2D eigenvalue weighted by atomic mass is 10.2. The van der Waals surface area contributed by atoms with E-state index >= 15 is 0 Å². The fourth-order valence-electron chi connectivity index (χ4n) is 1.31. The molecule has 0 aliphatic carbocycles. The van der Waals surface area contributed by atoms with Crippen molar-refractivity contribution in [1.82, 2.24) is 5.32 Å². The Labute approximate surface area is 125 Å². The third-order valence-corrected chi connectivity index (χ3v) is 2.56. The van der Waals surface area contributed by atoms with E-state index in [2.05, 4.69) is 26.2 Å². The average molecular weight is 343 g/mol. The van der Waals surface area contributed by atoms with Gasteiger partial charge in [-0.15, -0.1) is 0 Å². The number of hydrogen-bond donors (Lipinski definition) is 1. The second-order valence-corrected chi connectivity index (χ2v) is 4.43. The summed E-state index contributed by atoms with van der Waals surface area (Å²) in [5, 5.41) is 2.42. The maximum absolute atomic E-state index is 11.5. The van der Waals surface area contributed by atoms with Crippen LogP contribution < -0.4 is 5.32 Å². The average Bonchev–Trinajstić information content (AvgIpc) is 2.38. The lowest BCUT2D eigenvalue weighted by molar-refractivity contribution is 0.157. The summed E-state index contributed by atoms with van der Waals surface area (Å²) in [6.45, 7) is 3.77. The SMILES string of the molecule is CCOC(=O)N=C(NC(=O)OCC)c1cccc(Br)c1. The number of amidine groups is 1. The molecule has 0 unspecified atom stereocenters. The van der Waals surface area contributed by atoms with Crippen molar-refractivity contribution in [2.45, 2.75) is 13.8 Å². The lowest BCUT2D eigenvalue weighted by Crippen LogP contribution is -2.32. The molecule has 20 heavy (non-hydrogen) atoms. The van der Waals surface area contributed by atoms with Crippen LogP contribution in [0, 0.1) is 0 Å². The molecule has 1 aromatic carbocycles. The molecule has 0 atom stereocenters. The second-order valence-electron chi connectivity index (χ2n) is 3.52. The standard InChI is InChI=1S/C13H15BrN2O4/c1-3-19-12(17)15-11(16-13(18)20-4-2)9-6-5-7-10(14)8-9/h5-8H,3-4H2,1-2H3,(H,15,16,17,18). The number of rotatable bonds is 3. The zero-order chi connectivity index (χ0) is 15.0. The lowest BCUT2D eigenvalue weighted by Gasteiger charge is -2.09. The van der Waals surface area contributed by atoms with E-state index in [0.717, 1.165) is 4.47 Å². The molecule has 0 spiro atoms. The fourth-order valence-corrected chi connectivity index (χ4v) is 1.71. The third kappa shape index (κ3) is 5.40. The molecule has 7 heteroatoms. The normalized spacial score (nSPS) is 10.8. The van der Waals surface area contributed by atoms with Crippen LogP contribution in [-0.4, -0.2) is 31.2 Å². The molecular formula is C13H15BrN2O4. The highest BCUT2D eigenvalue weighted by atomic mass is 79.9. The fraction of sp³-hybridized carbons (Fsp3) is 0.308. The third-order valence-electron chi connectivity index (χ3n) is 2.06. The molecule has 0 bridgehead atoms. The van der Waals surface area contributed by atoms with E-state index in [1.807, 2.05) is 6.07 Å². The van der Waals surface area contributed by atoms with Crippen molar-refractivity contribution >= 4 is 34.0 Å². The largest absolute Gasteiger partial charge is 0.450 e. The van der Waals surface area contributed by atoms with E-state index in [-0.39, 0.29) is 19.0 Å². The van der Waals surface area contributed by atoms with E-state index in [0.29, 0.717) is 5.56 Å². The van der Waals surface area contributed by atoms with Crippen LogP contribution in [-0.2, 0) is 9.47 Å². The Balaban J connectivity index is 3.00. The predicted molar refractivity (Wildman–Crippen MR) is 77.9 cm³/mol. The summed E-state index contributed by atoms with van der Waals surface area (Å²) in [5.74, 6) is 0.0724. The van der Waals surface area contributed by atoms with Crippen LogP contribution in [0.15, 0.2) is 33.7 Å². The number of benzene rings is 1. The predicted octanol–water partition coefficient (Wildman–Crippen LogP) is 3.10. The number of nitrogens with one attached hydrogen (secondary N) is 1. The van der Waals surface area contributed by atoms with Crippen molar-refractivity contribution in [3.8, 4) is 0 Å². The minimum atomic E-state index is -0.778. The molecule has 0 aromatic heterocycles. The smallest absolute Gasteiger partial charge is 0.435 e. The molecule has 108 valence electrons. The van der Waals surface area contributed by atoms with Crippen molar-refractivity contribution in [3.05, 3.63) is 34.3 Å². The first kappa shape index (κ1) is 16.2. The van der Waals surface area contributed by atoms with Gasteiger partial charge in [-0.05, 0) is 26.0 Å². The molecule has 1 rings (SSSR count). The first-order chi connectivity index (χ1) is 9.56. The van der Waals surface area contributed by atoms with Gasteiger partial charge in [0.1, 0.15) is 5.84 Å². The van der Waals surface area contributed by atoms with Gasteiger partial charge in [-0.25, -0.2) is 9.59 Å². The molecule has 0 saturated carbocycles. The van der Waals surface area contributed by atoms with Gasteiger partial charge in [-0.1, -0.05) is 28.1 Å². The molecule has 0 fully saturated rings. The number of nitrogens with zero attached hydrogens (tertiary/aromatic N) is 1. The van der Waals surface area contributed by atoms with Gasteiger partial charge in [0.25, 0.3) is 0 Å². The second kappa shape index (κ2) is 8.31. The number of halogens is 1. The van der Waals surface area contributed by atoms with Crippen LogP contribution in [0.3, 0.4) is 0 Å². The monoisotopic (exact) mass is 342 g/mol. The summed E-state index contributed by atoms with van der Waals surface area (Å²) < 4.78 is 10.3. The highest BCUT2D eigenvalue weighted by molar-refractivity contribution is 9.10. The Hall–Kier alpha value is -1.89. The van der Waals surface area contributed by atoms with Crippen LogP contribution in [0.2, 0.25) is 0 Å². The minimum absolute atomic E-state index is 0.0724. The van der Waals surface area contributed by atoms with Crippen LogP contribution >= 0.6 is 15.9 Å². The Morgan fingerprint density at radius 2 is 1.95 bits per heavy atom. The molecule has 2 amide bonds. The van der Waals surface area contributed by atoms with E-state index in [9.17, 15) is 9.59 Å². The van der Waals surface area contributed by atoms with Crippen LogP contribution in [0.25, 0.3) is 0 Å². The molecule has 6 nitrogen and oxygen atoms in total. The highest BCUT2D eigenvalue weighted by Gasteiger charge is 2.12. The van der Waals surface area contributed by atoms with Crippen molar-refractivity contribution < 1.29 is 19.1 Å². The highest BCUT2D eigenvalue weighted by Crippen LogP contribution is 2.12. The zero-order valence-electron chi connectivity index (χ0n) is 11.2. The molecule has 0 heterocycles. The minimum Gasteiger partial charge on any atom is -0.450 e. The summed E-state index contributed by atoms with van der Waals surface area (Å²) in [4.78, 5) is 26.6. The molecular weight excluding hydrogens is 328 g/mol. The summed E-state index contributed by atoms with van der Waals surface area (Å²) >= 11 is 3.31. The van der Waals surface area contributed by atoms with Gasteiger partial charge in [0.15, 0.2) is 0 Å². The summed E-state index contributed by atoms with van der Waals surface area (Å²) in [6.07, 6.45) is -1.46. The van der Waals surface area contributed by atoms with Crippen LogP contribution in [0.5, 0.6) is 0 Å². The first-order valence-corrected chi connectivity index (χ1v) is 6.81. The van der Waals surface area contributed by atoms with Gasteiger partial charge in [0.2, 0.25) is 0 Å². The van der Waals surface area contributed by atoms with E-state index < -0.39 is 12.2 Å². The Kier molecular flexibility index (Phi) is 6.72. The Morgan fingerprint density at radius 3 is 2.55 bits per heavy atom. The van der Waals surface area contributed by atoms with E-state index in [4.69, 9.17) is 9.47 Å². The first-order valence-electron chi connectivity index (χ1n) is 6.02. The topological polar surface area (TPSA) is 77.0 Å². The van der Waals surface area contributed by atoms with E-state index in [1.165, 1.54) is 0 Å². The van der Waals surface area contributed by atoms with Gasteiger partial charge in [0.05, 0.1) is 13.2 Å². The number of hydrogen-bond acceptors (Lipinski definition) is 4. The maximum atomic E-state index is 11.5. The molecule has 0 saturated heterocycles. The van der Waals surface area contributed by atoms with Crippen LogP contribution in [0.4, 0.5) is 9.59 Å². The summed E-state index contributed by atoms with van der Waals surface area (Å²) in [5.41, 5.74) is 0.556. The van der Waals surface area contributed by atoms with Gasteiger partial charge >= 0.3 is 12.2 Å². The zero-order valence-corrected chi connectivity index (χ0v) is 12.8. The Bertz CT molecular complexity index is 517. The van der Waals surface area contributed by atoms with Crippen molar-refractivity contribution in [2.24, 2.45) is 4.99 Å². The number of aliphatic imine (C=N–C) groups is 1. The number of ether oxygens (including phenoxy) is 2. The van der Waals surface area contributed by atoms with Crippen molar-refractivity contribution in [2.75, 3.05) is 13.2 Å². The molecule has 1 N–H and O–H groups in total. The number of carbonyl (C=O) groups is 2. The molecule has 1 aromatic rings.